The van der Waals surface area contributed by atoms with Gasteiger partial charge in [-0.05, 0) is 18.6 Å². The molecule has 0 aliphatic heterocycles. The molecule has 7 heteroatoms. The Morgan fingerprint density at radius 2 is 1.82 bits per heavy atom. The molecule has 2 rings (SSSR count). The maximum atomic E-state index is 13.0. The summed E-state index contributed by atoms with van der Waals surface area (Å²) in [5, 5.41) is 11.2. The minimum atomic E-state index is -4.35. The molecule has 0 amide bonds. The van der Waals surface area contributed by atoms with Gasteiger partial charge < -0.3 is 9.88 Å². The van der Waals surface area contributed by atoms with E-state index in [9.17, 15) is 13.2 Å². The van der Waals surface area contributed by atoms with Crippen LogP contribution in [0.15, 0.2) is 24.3 Å². The summed E-state index contributed by atoms with van der Waals surface area (Å²) in [6.07, 6.45) is -3.59. The zero-order valence-electron chi connectivity index (χ0n) is 12.8. The van der Waals surface area contributed by atoms with E-state index in [2.05, 4.69) is 15.5 Å². The molecule has 0 spiro atoms. The van der Waals surface area contributed by atoms with Crippen LogP contribution in [-0.2, 0) is 26.2 Å². The molecule has 1 N–H and O–H groups in total. The molecule has 0 fully saturated rings. The summed E-state index contributed by atoms with van der Waals surface area (Å²) in [5.41, 5.74) is -0.380. The maximum Gasteiger partial charge on any atom is 0.416 e. The van der Waals surface area contributed by atoms with Crippen LogP contribution in [0.25, 0.3) is 0 Å². The molecule has 0 saturated heterocycles. The number of hydrogen-bond acceptors (Lipinski definition) is 3. The molecule has 1 aromatic heterocycles. The lowest BCUT2D eigenvalue weighted by molar-refractivity contribution is -0.138. The van der Waals surface area contributed by atoms with E-state index in [1.165, 1.54) is 12.1 Å². The van der Waals surface area contributed by atoms with Crippen molar-refractivity contribution in [2.75, 3.05) is 0 Å². The lowest BCUT2D eigenvalue weighted by Crippen LogP contribution is -2.23. The van der Waals surface area contributed by atoms with Gasteiger partial charge in [0.25, 0.3) is 0 Å². The Kier molecular flexibility index (Phi) is 4.85. The summed E-state index contributed by atoms with van der Waals surface area (Å²) in [5.74, 6) is 1.55. The molecule has 0 unspecified atom stereocenters. The number of benzene rings is 1. The van der Waals surface area contributed by atoms with Gasteiger partial charge in [0.15, 0.2) is 0 Å². The van der Waals surface area contributed by atoms with Crippen LogP contribution in [-0.4, -0.2) is 14.8 Å². The highest BCUT2D eigenvalue weighted by atomic mass is 19.4. The van der Waals surface area contributed by atoms with E-state index in [-0.39, 0.29) is 5.56 Å². The van der Waals surface area contributed by atoms with Crippen molar-refractivity contribution >= 4 is 0 Å². The molecular weight excluding hydrogens is 293 g/mol. The predicted molar refractivity (Wildman–Crippen MR) is 77.1 cm³/mol. The number of hydrogen-bond donors (Lipinski definition) is 1. The van der Waals surface area contributed by atoms with E-state index >= 15 is 0 Å². The normalized spacial score (nSPS) is 13.4. The van der Waals surface area contributed by atoms with Gasteiger partial charge in [-0.25, -0.2) is 0 Å². The second-order valence-electron chi connectivity index (χ2n) is 5.13. The van der Waals surface area contributed by atoms with Crippen LogP contribution in [0.1, 0.15) is 42.7 Å². The highest BCUT2D eigenvalue weighted by Crippen LogP contribution is 2.34. The second kappa shape index (κ2) is 6.48. The summed E-state index contributed by atoms with van der Waals surface area (Å²) in [7, 11) is 1.85. The van der Waals surface area contributed by atoms with Gasteiger partial charge in [0.1, 0.15) is 11.6 Å². The third-order valence-electron chi connectivity index (χ3n) is 3.67. The van der Waals surface area contributed by atoms with Crippen molar-refractivity contribution in [3.63, 3.8) is 0 Å². The minimum Gasteiger partial charge on any atom is -0.317 e. The zero-order chi connectivity index (χ0) is 16.3. The topological polar surface area (TPSA) is 42.7 Å². The van der Waals surface area contributed by atoms with E-state index < -0.39 is 17.8 Å². The van der Waals surface area contributed by atoms with E-state index in [4.69, 9.17) is 0 Å². The molecule has 0 aliphatic rings. The van der Waals surface area contributed by atoms with Gasteiger partial charge in [0, 0.05) is 19.5 Å². The average Bonchev–Trinajstić information content (AvgIpc) is 2.84. The third kappa shape index (κ3) is 3.47. The molecule has 22 heavy (non-hydrogen) atoms. The number of rotatable bonds is 5. The van der Waals surface area contributed by atoms with Crippen LogP contribution < -0.4 is 5.32 Å². The van der Waals surface area contributed by atoms with Crippen molar-refractivity contribution in [1.29, 1.82) is 0 Å². The molecule has 4 nitrogen and oxygen atoms in total. The van der Waals surface area contributed by atoms with Crippen molar-refractivity contribution in [1.82, 2.24) is 20.1 Å². The molecule has 0 aliphatic carbocycles. The fourth-order valence-corrected chi connectivity index (χ4v) is 2.35. The van der Waals surface area contributed by atoms with E-state index in [1.54, 1.807) is 13.0 Å². The summed E-state index contributed by atoms with van der Waals surface area (Å²) >= 11 is 0. The van der Waals surface area contributed by atoms with Crippen LogP contribution in [0.2, 0.25) is 0 Å². The summed E-state index contributed by atoms with van der Waals surface area (Å²) in [6, 6.07) is 5.16. The number of nitrogens with zero attached hydrogens (tertiary/aromatic N) is 3. The molecule has 0 bridgehead atoms. The Labute approximate surface area is 127 Å². The predicted octanol–water partition coefficient (Wildman–Crippen LogP) is 3.25. The summed E-state index contributed by atoms with van der Waals surface area (Å²) in [6.45, 7) is 4.04. The first-order chi connectivity index (χ1) is 10.3. The fraction of sp³-hybridized carbons (Fsp3) is 0.467. The number of aryl methyl sites for hydroxylation is 1. The van der Waals surface area contributed by atoms with Gasteiger partial charge in [0.05, 0.1) is 12.1 Å². The second-order valence-corrected chi connectivity index (χ2v) is 5.13. The molecule has 120 valence electrons. The molecule has 1 heterocycles. The first-order valence-corrected chi connectivity index (χ1v) is 7.11. The molecule has 0 radical (unpaired) electrons. The number of alkyl halides is 3. The van der Waals surface area contributed by atoms with Crippen LogP contribution >= 0.6 is 0 Å². The number of aromatic nitrogens is 3. The Morgan fingerprint density at radius 3 is 2.41 bits per heavy atom. The van der Waals surface area contributed by atoms with Crippen molar-refractivity contribution in [3.05, 3.63) is 47.0 Å². The molecule has 1 atom stereocenters. The van der Waals surface area contributed by atoms with Crippen molar-refractivity contribution in [2.45, 2.75) is 39.0 Å². The van der Waals surface area contributed by atoms with Crippen LogP contribution in [0, 0.1) is 0 Å². The summed E-state index contributed by atoms with van der Waals surface area (Å²) < 4.78 is 40.9. The van der Waals surface area contributed by atoms with Gasteiger partial charge in [0.2, 0.25) is 0 Å². The molecular formula is C15H19F3N4. The largest absolute Gasteiger partial charge is 0.416 e. The van der Waals surface area contributed by atoms with Gasteiger partial charge in [-0.1, -0.05) is 25.1 Å². The Bertz CT molecular complexity index is 634. The van der Waals surface area contributed by atoms with Gasteiger partial charge in [-0.3, -0.25) is 0 Å². The maximum absolute atomic E-state index is 13.0. The Morgan fingerprint density at radius 1 is 1.18 bits per heavy atom. The smallest absolute Gasteiger partial charge is 0.317 e. The Hall–Kier alpha value is -1.89. The highest BCUT2D eigenvalue weighted by molar-refractivity contribution is 5.32. The van der Waals surface area contributed by atoms with Crippen LogP contribution in [0.4, 0.5) is 13.2 Å². The summed E-state index contributed by atoms with van der Waals surface area (Å²) in [4.78, 5) is 0. The quantitative estimate of drug-likeness (QED) is 0.921. The first-order valence-electron chi connectivity index (χ1n) is 7.11. The van der Waals surface area contributed by atoms with Crippen molar-refractivity contribution in [3.8, 4) is 0 Å². The monoisotopic (exact) mass is 312 g/mol. The third-order valence-corrected chi connectivity index (χ3v) is 3.67. The average molecular weight is 312 g/mol. The first kappa shape index (κ1) is 16.5. The van der Waals surface area contributed by atoms with Crippen LogP contribution in [0.3, 0.4) is 0 Å². The van der Waals surface area contributed by atoms with Crippen molar-refractivity contribution in [2.24, 2.45) is 7.05 Å². The van der Waals surface area contributed by atoms with E-state index in [0.717, 1.165) is 18.3 Å². The standard InChI is InChI=1S/C15H19F3N4/c1-4-13-20-21-14(22(13)3)9-19-10(2)11-7-5-6-8-12(11)15(16,17)18/h5-8,10,19H,4,9H2,1-3H3/t10-/m1/s1. The molecule has 0 saturated carbocycles. The van der Waals surface area contributed by atoms with E-state index in [0.29, 0.717) is 12.4 Å². The van der Waals surface area contributed by atoms with Gasteiger partial charge in [-0.2, -0.15) is 13.2 Å². The lowest BCUT2D eigenvalue weighted by Gasteiger charge is -2.19. The van der Waals surface area contributed by atoms with Gasteiger partial charge in [-0.15, -0.1) is 10.2 Å². The molecule has 2 aromatic rings. The van der Waals surface area contributed by atoms with E-state index in [1.807, 2.05) is 18.5 Å². The molecule has 1 aromatic carbocycles. The number of halogens is 3. The number of nitrogens with one attached hydrogen (secondary N) is 1. The zero-order valence-corrected chi connectivity index (χ0v) is 12.8. The van der Waals surface area contributed by atoms with Crippen molar-refractivity contribution < 1.29 is 13.2 Å². The fourth-order valence-electron chi connectivity index (χ4n) is 2.35. The highest BCUT2D eigenvalue weighted by Gasteiger charge is 2.34. The lowest BCUT2D eigenvalue weighted by atomic mass is 10.0. The Balaban J connectivity index is 2.13. The van der Waals surface area contributed by atoms with Gasteiger partial charge >= 0.3 is 6.18 Å². The minimum absolute atomic E-state index is 0.230. The van der Waals surface area contributed by atoms with Crippen LogP contribution in [0.5, 0.6) is 0 Å². The SMILES string of the molecule is CCc1nnc(CN[C@H](C)c2ccccc2C(F)(F)F)n1C.